The van der Waals surface area contributed by atoms with E-state index in [1.807, 2.05) is 0 Å². The molecule has 1 aromatic rings. The summed E-state index contributed by atoms with van der Waals surface area (Å²) in [6, 6.07) is 6.59. The van der Waals surface area contributed by atoms with Gasteiger partial charge in [-0.1, -0.05) is 18.2 Å². The van der Waals surface area contributed by atoms with Crippen molar-refractivity contribution >= 4 is 0 Å². The lowest BCUT2D eigenvalue weighted by molar-refractivity contribution is 0.230. The summed E-state index contributed by atoms with van der Waals surface area (Å²) >= 11 is 0. The average molecular weight is 203 g/mol. The normalized spacial score (nSPS) is 18.0. The second kappa shape index (κ2) is 4.77. The van der Waals surface area contributed by atoms with Gasteiger partial charge in [-0.2, -0.15) is 0 Å². The predicted octanol–water partition coefficient (Wildman–Crippen LogP) is 1.72. The molecule has 1 aliphatic rings. The fourth-order valence-corrected chi connectivity index (χ4v) is 2.03. The molecule has 0 aliphatic carbocycles. The van der Waals surface area contributed by atoms with Crippen LogP contribution in [0, 0.1) is 13.8 Å². The van der Waals surface area contributed by atoms with Gasteiger partial charge < -0.3 is 0 Å². The molecule has 1 saturated heterocycles. The Morgan fingerprint density at radius 1 is 1.20 bits per heavy atom. The topological polar surface area (TPSA) is 17.3 Å². The first-order valence-corrected chi connectivity index (χ1v) is 5.68. The molecule has 1 radical (unpaired) electrons. The summed E-state index contributed by atoms with van der Waals surface area (Å²) in [5.74, 6) is 0. The molecule has 0 aromatic heterocycles. The van der Waals surface area contributed by atoms with Crippen molar-refractivity contribution in [1.82, 2.24) is 10.2 Å². The number of aryl methyl sites for hydroxylation is 1. The van der Waals surface area contributed by atoms with E-state index in [4.69, 9.17) is 0 Å². The Labute approximate surface area is 92.3 Å². The van der Waals surface area contributed by atoms with Crippen molar-refractivity contribution in [2.45, 2.75) is 20.4 Å². The SMILES string of the molecule is Cc1cccc(CN2CC[N]CC2)c1C. The van der Waals surface area contributed by atoms with Gasteiger partial charge >= 0.3 is 0 Å². The summed E-state index contributed by atoms with van der Waals surface area (Å²) in [5, 5.41) is 4.37. The molecular formula is C13H19N2. The molecule has 0 amide bonds. The summed E-state index contributed by atoms with van der Waals surface area (Å²) in [6.07, 6.45) is 0. The van der Waals surface area contributed by atoms with Gasteiger partial charge in [0.1, 0.15) is 0 Å². The number of rotatable bonds is 2. The Hall–Kier alpha value is -0.860. The second-order valence-electron chi connectivity index (χ2n) is 4.31. The lowest BCUT2D eigenvalue weighted by atomic mass is 10.0. The third-order valence-corrected chi connectivity index (χ3v) is 3.26. The van der Waals surface area contributed by atoms with Crippen molar-refractivity contribution in [2.75, 3.05) is 26.2 Å². The molecule has 2 nitrogen and oxygen atoms in total. The molecule has 2 heteroatoms. The summed E-state index contributed by atoms with van der Waals surface area (Å²) in [5.41, 5.74) is 4.31. The van der Waals surface area contributed by atoms with Crippen molar-refractivity contribution < 1.29 is 0 Å². The average Bonchev–Trinajstić information content (AvgIpc) is 2.26. The van der Waals surface area contributed by atoms with Crippen LogP contribution < -0.4 is 5.32 Å². The van der Waals surface area contributed by atoms with E-state index >= 15 is 0 Å². The Morgan fingerprint density at radius 3 is 2.67 bits per heavy atom. The smallest absolute Gasteiger partial charge is 0.0261 e. The minimum atomic E-state index is 1.00. The summed E-state index contributed by atoms with van der Waals surface area (Å²) in [6.45, 7) is 9.74. The molecule has 0 saturated carbocycles. The van der Waals surface area contributed by atoms with Gasteiger partial charge in [0, 0.05) is 32.7 Å². The van der Waals surface area contributed by atoms with Crippen LogP contribution in [0.1, 0.15) is 16.7 Å². The van der Waals surface area contributed by atoms with Gasteiger partial charge in [-0.25, -0.2) is 5.32 Å². The molecule has 0 unspecified atom stereocenters. The number of benzene rings is 1. The largest absolute Gasteiger partial charge is 0.296 e. The van der Waals surface area contributed by atoms with Gasteiger partial charge in [0.05, 0.1) is 0 Å². The van der Waals surface area contributed by atoms with Crippen LogP contribution in [-0.2, 0) is 6.54 Å². The molecule has 0 bridgehead atoms. The molecule has 0 atom stereocenters. The molecule has 15 heavy (non-hydrogen) atoms. The van der Waals surface area contributed by atoms with Crippen LogP contribution >= 0.6 is 0 Å². The van der Waals surface area contributed by atoms with Gasteiger partial charge in [-0.15, -0.1) is 0 Å². The number of hydrogen-bond donors (Lipinski definition) is 0. The van der Waals surface area contributed by atoms with Gasteiger partial charge in [0.25, 0.3) is 0 Å². The summed E-state index contributed by atoms with van der Waals surface area (Å²) in [4.78, 5) is 2.49. The van der Waals surface area contributed by atoms with Crippen LogP contribution in [0.15, 0.2) is 18.2 Å². The first kappa shape index (κ1) is 10.7. The van der Waals surface area contributed by atoms with E-state index in [1.54, 1.807) is 0 Å². The first-order chi connectivity index (χ1) is 7.27. The van der Waals surface area contributed by atoms with Crippen molar-refractivity contribution in [3.8, 4) is 0 Å². The second-order valence-corrected chi connectivity index (χ2v) is 4.31. The summed E-state index contributed by atoms with van der Waals surface area (Å²) in [7, 11) is 0. The van der Waals surface area contributed by atoms with Crippen LogP contribution in [0.2, 0.25) is 0 Å². The fourth-order valence-electron chi connectivity index (χ4n) is 2.03. The molecule has 1 aromatic carbocycles. The Kier molecular flexibility index (Phi) is 3.39. The number of hydrogen-bond acceptors (Lipinski definition) is 1. The molecule has 2 rings (SSSR count). The number of nitrogens with zero attached hydrogens (tertiary/aromatic N) is 2. The van der Waals surface area contributed by atoms with Gasteiger partial charge in [-0.05, 0) is 30.5 Å². The maximum Gasteiger partial charge on any atom is 0.0261 e. The van der Waals surface area contributed by atoms with Crippen molar-refractivity contribution in [3.05, 3.63) is 34.9 Å². The Balaban J connectivity index is 2.06. The standard InChI is InChI=1S/C13H19N2/c1-11-4-3-5-13(12(11)2)10-15-8-6-14-7-9-15/h3-5H,6-10H2,1-2H3. The van der Waals surface area contributed by atoms with E-state index in [0.717, 1.165) is 32.7 Å². The van der Waals surface area contributed by atoms with Gasteiger partial charge in [0.15, 0.2) is 0 Å². The van der Waals surface area contributed by atoms with E-state index in [-0.39, 0.29) is 0 Å². The third kappa shape index (κ3) is 2.58. The fraction of sp³-hybridized carbons (Fsp3) is 0.538. The third-order valence-electron chi connectivity index (χ3n) is 3.26. The zero-order valence-corrected chi connectivity index (χ0v) is 9.66. The maximum atomic E-state index is 4.37. The van der Waals surface area contributed by atoms with Crippen molar-refractivity contribution in [1.29, 1.82) is 0 Å². The van der Waals surface area contributed by atoms with Crippen molar-refractivity contribution in [2.24, 2.45) is 0 Å². The maximum absolute atomic E-state index is 4.37. The zero-order chi connectivity index (χ0) is 10.7. The molecule has 1 fully saturated rings. The van der Waals surface area contributed by atoms with E-state index in [1.165, 1.54) is 16.7 Å². The van der Waals surface area contributed by atoms with Crippen LogP contribution in [0.5, 0.6) is 0 Å². The van der Waals surface area contributed by atoms with Crippen LogP contribution in [0.4, 0.5) is 0 Å². The first-order valence-electron chi connectivity index (χ1n) is 5.68. The highest BCUT2D eigenvalue weighted by Crippen LogP contribution is 2.15. The van der Waals surface area contributed by atoms with Crippen LogP contribution in [0.25, 0.3) is 0 Å². The summed E-state index contributed by atoms with van der Waals surface area (Å²) < 4.78 is 0. The van der Waals surface area contributed by atoms with Gasteiger partial charge in [0.2, 0.25) is 0 Å². The molecule has 1 heterocycles. The highest BCUT2D eigenvalue weighted by Gasteiger charge is 2.11. The van der Waals surface area contributed by atoms with E-state index in [0.29, 0.717) is 0 Å². The lowest BCUT2D eigenvalue weighted by Crippen LogP contribution is -2.39. The predicted molar refractivity (Wildman–Crippen MR) is 63.1 cm³/mol. The van der Waals surface area contributed by atoms with Crippen molar-refractivity contribution in [3.63, 3.8) is 0 Å². The molecule has 0 N–H and O–H groups in total. The van der Waals surface area contributed by atoms with Gasteiger partial charge in [-0.3, -0.25) is 4.90 Å². The van der Waals surface area contributed by atoms with E-state index in [9.17, 15) is 0 Å². The van der Waals surface area contributed by atoms with E-state index < -0.39 is 0 Å². The highest BCUT2D eigenvalue weighted by atomic mass is 15.2. The Morgan fingerprint density at radius 2 is 1.93 bits per heavy atom. The monoisotopic (exact) mass is 203 g/mol. The van der Waals surface area contributed by atoms with Crippen LogP contribution in [-0.4, -0.2) is 31.1 Å². The molecule has 81 valence electrons. The minimum Gasteiger partial charge on any atom is -0.296 e. The van der Waals surface area contributed by atoms with E-state index in [2.05, 4.69) is 42.3 Å². The molecule has 1 aliphatic heterocycles. The molecular weight excluding hydrogens is 184 g/mol. The Bertz CT molecular complexity index is 327. The van der Waals surface area contributed by atoms with Crippen LogP contribution in [0.3, 0.4) is 0 Å². The zero-order valence-electron chi connectivity index (χ0n) is 9.66. The minimum absolute atomic E-state index is 1.00. The number of piperazine rings is 1. The highest BCUT2D eigenvalue weighted by molar-refractivity contribution is 5.33. The molecule has 0 spiro atoms. The quantitative estimate of drug-likeness (QED) is 0.715. The lowest BCUT2D eigenvalue weighted by Gasteiger charge is -2.27.